The van der Waals surface area contributed by atoms with E-state index in [0.717, 1.165) is 5.56 Å². The maximum absolute atomic E-state index is 5.17. The van der Waals surface area contributed by atoms with Gasteiger partial charge in [0.05, 0.1) is 0 Å². The van der Waals surface area contributed by atoms with Crippen LogP contribution in [0.1, 0.15) is 12.5 Å². The number of rotatable bonds is 4. The van der Waals surface area contributed by atoms with E-state index in [1.165, 1.54) is 0 Å². The molecule has 0 N–H and O–H groups in total. The molecule has 0 saturated heterocycles. The molecule has 0 radical (unpaired) electrons. The minimum atomic E-state index is 0.270. The smallest absolute Gasteiger partial charge is 0.215 e. The largest absolute Gasteiger partial charge is 0.451 e. The summed E-state index contributed by atoms with van der Waals surface area (Å²) in [7, 11) is 0. The predicted molar refractivity (Wildman–Crippen MR) is 46.1 cm³/mol. The Balaban J connectivity index is 2.37. The molecular formula is C9H13NO2. The summed E-state index contributed by atoms with van der Waals surface area (Å²) in [5.74, 6) is 0.606. The maximum atomic E-state index is 5.17. The number of pyridine rings is 1. The molecule has 1 aromatic heterocycles. The Morgan fingerprint density at radius 2 is 2.25 bits per heavy atom. The third-order valence-corrected chi connectivity index (χ3v) is 1.38. The van der Waals surface area contributed by atoms with E-state index < -0.39 is 0 Å². The van der Waals surface area contributed by atoms with Crippen molar-refractivity contribution in [1.29, 1.82) is 0 Å². The zero-order valence-electron chi connectivity index (χ0n) is 7.41. The second-order valence-electron chi connectivity index (χ2n) is 2.43. The molecule has 0 atom stereocenters. The molecule has 0 amide bonds. The van der Waals surface area contributed by atoms with Gasteiger partial charge in [-0.15, -0.1) is 0 Å². The molecule has 0 aliphatic rings. The molecule has 0 spiro atoms. The molecule has 0 aliphatic carbocycles. The summed E-state index contributed by atoms with van der Waals surface area (Å²) in [6.45, 7) is 4.84. The first-order valence-corrected chi connectivity index (χ1v) is 3.96. The number of hydrogen-bond acceptors (Lipinski definition) is 3. The van der Waals surface area contributed by atoms with E-state index >= 15 is 0 Å². The topological polar surface area (TPSA) is 31.4 Å². The molecule has 1 rings (SSSR count). The number of aryl methyl sites for hydroxylation is 1. The van der Waals surface area contributed by atoms with Crippen LogP contribution < -0.4 is 4.74 Å². The highest BCUT2D eigenvalue weighted by Crippen LogP contribution is 2.05. The van der Waals surface area contributed by atoms with Crippen molar-refractivity contribution >= 4 is 0 Å². The molecule has 3 nitrogen and oxygen atoms in total. The average molecular weight is 167 g/mol. The Hall–Kier alpha value is -1.09. The normalized spacial score (nSPS) is 9.83. The van der Waals surface area contributed by atoms with Gasteiger partial charge in [-0.1, -0.05) is 6.07 Å². The van der Waals surface area contributed by atoms with Crippen LogP contribution in [-0.2, 0) is 4.74 Å². The van der Waals surface area contributed by atoms with Gasteiger partial charge in [-0.05, 0) is 19.4 Å². The summed E-state index contributed by atoms with van der Waals surface area (Å²) in [5, 5.41) is 0. The Kier molecular flexibility index (Phi) is 3.54. The van der Waals surface area contributed by atoms with Gasteiger partial charge in [0.1, 0.15) is 0 Å². The lowest BCUT2D eigenvalue weighted by Gasteiger charge is -2.03. The second-order valence-corrected chi connectivity index (χ2v) is 2.43. The molecule has 0 saturated carbocycles. The SMILES string of the molecule is CCOCOc1ccc(C)cn1. The molecule has 0 bridgehead atoms. The highest BCUT2D eigenvalue weighted by molar-refractivity contribution is 5.15. The van der Waals surface area contributed by atoms with Gasteiger partial charge >= 0.3 is 0 Å². The number of nitrogens with zero attached hydrogens (tertiary/aromatic N) is 1. The fourth-order valence-electron chi connectivity index (χ4n) is 0.725. The third kappa shape index (κ3) is 2.88. The standard InChI is InChI=1S/C9H13NO2/c1-3-11-7-12-9-5-4-8(2)6-10-9/h4-6H,3,7H2,1-2H3. The van der Waals surface area contributed by atoms with Gasteiger partial charge in [0.2, 0.25) is 5.88 Å². The lowest BCUT2D eigenvalue weighted by Crippen LogP contribution is -2.02. The van der Waals surface area contributed by atoms with Gasteiger partial charge in [-0.2, -0.15) is 0 Å². The maximum Gasteiger partial charge on any atom is 0.215 e. The summed E-state index contributed by atoms with van der Waals surface area (Å²) in [4.78, 5) is 4.05. The van der Waals surface area contributed by atoms with Crippen LogP contribution in [0.4, 0.5) is 0 Å². The average Bonchev–Trinajstić information content (AvgIpc) is 2.09. The van der Waals surface area contributed by atoms with Crippen molar-refractivity contribution < 1.29 is 9.47 Å². The van der Waals surface area contributed by atoms with Crippen molar-refractivity contribution in [1.82, 2.24) is 4.98 Å². The molecule has 3 heteroatoms. The summed E-state index contributed by atoms with van der Waals surface area (Å²) in [6, 6.07) is 3.78. The quantitative estimate of drug-likeness (QED) is 0.506. The molecule has 0 unspecified atom stereocenters. The first kappa shape index (κ1) is 9.00. The fourth-order valence-corrected chi connectivity index (χ4v) is 0.725. The van der Waals surface area contributed by atoms with Crippen LogP contribution in [0, 0.1) is 6.92 Å². The van der Waals surface area contributed by atoms with E-state index in [1.54, 1.807) is 6.20 Å². The van der Waals surface area contributed by atoms with Crippen LogP contribution in [0.3, 0.4) is 0 Å². The first-order chi connectivity index (χ1) is 5.83. The molecular weight excluding hydrogens is 154 g/mol. The highest BCUT2D eigenvalue weighted by Gasteiger charge is 1.92. The summed E-state index contributed by atoms with van der Waals surface area (Å²) in [6.07, 6.45) is 1.77. The predicted octanol–water partition coefficient (Wildman–Crippen LogP) is 1.76. The van der Waals surface area contributed by atoms with Crippen molar-refractivity contribution in [3.8, 4) is 5.88 Å². The third-order valence-electron chi connectivity index (χ3n) is 1.38. The van der Waals surface area contributed by atoms with Crippen LogP contribution in [0.2, 0.25) is 0 Å². The van der Waals surface area contributed by atoms with E-state index in [4.69, 9.17) is 9.47 Å². The van der Waals surface area contributed by atoms with Gasteiger partial charge in [-0.25, -0.2) is 4.98 Å². The van der Waals surface area contributed by atoms with Crippen molar-refractivity contribution in [2.24, 2.45) is 0 Å². The minimum absolute atomic E-state index is 0.270. The van der Waals surface area contributed by atoms with E-state index in [0.29, 0.717) is 12.5 Å². The Bertz CT molecular complexity index is 220. The number of aromatic nitrogens is 1. The summed E-state index contributed by atoms with van der Waals surface area (Å²) in [5.41, 5.74) is 1.12. The van der Waals surface area contributed by atoms with Gasteiger partial charge in [0, 0.05) is 18.9 Å². The van der Waals surface area contributed by atoms with E-state index in [9.17, 15) is 0 Å². The van der Waals surface area contributed by atoms with Crippen LogP contribution in [0.15, 0.2) is 18.3 Å². The van der Waals surface area contributed by atoms with Crippen LogP contribution in [-0.4, -0.2) is 18.4 Å². The van der Waals surface area contributed by atoms with E-state index in [1.807, 2.05) is 26.0 Å². The zero-order valence-corrected chi connectivity index (χ0v) is 7.41. The van der Waals surface area contributed by atoms with E-state index in [2.05, 4.69) is 4.98 Å². The highest BCUT2D eigenvalue weighted by atomic mass is 16.7. The number of hydrogen-bond donors (Lipinski definition) is 0. The molecule has 0 fully saturated rings. The molecule has 0 aliphatic heterocycles. The van der Waals surface area contributed by atoms with Gasteiger partial charge in [-0.3, -0.25) is 0 Å². The van der Waals surface area contributed by atoms with Crippen LogP contribution >= 0.6 is 0 Å². The van der Waals surface area contributed by atoms with Crippen molar-refractivity contribution in [2.45, 2.75) is 13.8 Å². The van der Waals surface area contributed by atoms with Gasteiger partial charge in [0.15, 0.2) is 6.79 Å². The van der Waals surface area contributed by atoms with Crippen LogP contribution in [0.25, 0.3) is 0 Å². The van der Waals surface area contributed by atoms with E-state index in [-0.39, 0.29) is 6.79 Å². The minimum Gasteiger partial charge on any atom is -0.451 e. The fraction of sp³-hybridized carbons (Fsp3) is 0.444. The Labute approximate surface area is 72.3 Å². The van der Waals surface area contributed by atoms with Crippen molar-refractivity contribution in [3.05, 3.63) is 23.9 Å². The number of ether oxygens (including phenoxy) is 2. The van der Waals surface area contributed by atoms with Crippen molar-refractivity contribution in [3.63, 3.8) is 0 Å². The van der Waals surface area contributed by atoms with Crippen molar-refractivity contribution in [2.75, 3.05) is 13.4 Å². The molecule has 12 heavy (non-hydrogen) atoms. The molecule has 66 valence electrons. The summed E-state index contributed by atoms with van der Waals surface area (Å²) >= 11 is 0. The van der Waals surface area contributed by atoms with Gasteiger partial charge < -0.3 is 9.47 Å². The Morgan fingerprint density at radius 1 is 1.42 bits per heavy atom. The van der Waals surface area contributed by atoms with Crippen LogP contribution in [0.5, 0.6) is 5.88 Å². The Morgan fingerprint density at radius 3 is 2.83 bits per heavy atom. The zero-order chi connectivity index (χ0) is 8.81. The lowest BCUT2D eigenvalue weighted by molar-refractivity contribution is 0.0196. The molecule has 1 aromatic rings. The molecule has 0 aromatic carbocycles. The monoisotopic (exact) mass is 167 g/mol. The van der Waals surface area contributed by atoms with Gasteiger partial charge in [0.25, 0.3) is 0 Å². The summed E-state index contributed by atoms with van der Waals surface area (Å²) < 4.78 is 10.2. The first-order valence-electron chi connectivity index (χ1n) is 3.96. The lowest BCUT2D eigenvalue weighted by atomic mass is 10.3. The second kappa shape index (κ2) is 4.72. The molecule has 1 heterocycles.